The van der Waals surface area contributed by atoms with Crippen LogP contribution in [0.5, 0.6) is 23.0 Å². The standard InChI is InChI=1S/C14H15NO.C12H17NO.C12H17N.C12H16O.C11H15NO.C9H16.C9H12/c1-9(2)11-3-4-12-13-10(6-8-16-12)5-7-15-14(11)13;1-9(2)10-4-5-12-11(8-10)13-6-3-7-14-12;1-9(2)11-6-5-10-4-3-7-13-12(10)8-11;1-9(2)10-5-6-12-11(8-10)4-3-7-13-12;1-8(2)9-3-4-11-10(7-9)12-5-6-13-11;2*1-8(2)9-6-4-3-5-7-9/h3-5,7,9H,6,8H2,1-2H3;4-5,8-9,13H,3,6-7H2,1-2H3;5-6,8-9,13H,3-4,7H2,1-2H3;5-6,8-9H,3-4,7H2,1-2H3;3-4,7-8,12H,5-6H2,1-2H3;6,8H,3-5,7H2,1-2H3;3-8H,1-2H3. The molecule has 3 N–H and O–H groups in total. The summed E-state index contributed by atoms with van der Waals surface area (Å²) in [5, 5.41) is 11.4. The van der Waals surface area contributed by atoms with Gasteiger partial charge in [0.05, 0.1) is 36.7 Å². The van der Waals surface area contributed by atoms with Crippen LogP contribution in [0.15, 0.2) is 139 Å². The van der Waals surface area contributed by atoms with Gasteiger partial charge in [0, 0.05) is 43.3 Å². The zero-order valence-corrected chi connectivity index (χ0v) is 55.8. The van der Waals surface area contributed by atoms with E-state index in [1.807, 2.05) is 12.3 Å². The van der Waals surface area contributed by atoms with E-state index in [0.717, 1.165) is 111 Å². The molecule has 6 aliphatic rings. The van der Waals surface area contributed by atoms with Gasteiger partial charge in [-0.25, -0.2) is 0 Å². The number of aryl methyl sites for hydroxylation is 2. The number of ether oxygens (including phenoxy) is 4. The Kier molecular flexibility index (Phi) is 26.9. The lowest BCUT2D eigenvalue weighted by Gasteiger charge is -2.20. The molecule has 87 heavy (non-hydrogen) atoms. The summed E-state index contributed by atoms with van der Waals surface area (Å²) in [6.45, 7) is 37.5. The Morgan fingerprint density at radius 1 is 0.356 bits per heavy atom. The third kappa shape index (κ3) is 20.6. The van der Waals surface area contributed by atoms with Gasteiger partial charge in [0.25, 0.3) is 0 Å². The van der Waals surface area contributed by atoms with E-state index in [9.17, 15) is 0 Å². The Labute approximate surface area is 526 Å². The van der Waals surface area contributed by atoms with Crippen LogP contribution in [0.3, 0.4) is 0 Å². The summed E-state index contributed by atoms with van der Waals surface area (Å²) >= 11 is 0. The summed E-state index contributed by atoms with van der Waals surface area (Å²) in [6.07, 6.45) is 16.8. The van der Waals surface area contributed by atoms with Crippen molar-refractivity contribution in [1.82, 2.24) is 4.98 Å². The lowest BCUT2D eigenvalue weighted by Crippen LogP contribution is -2.18. The summed E-state index contributed by atoms with van der Waals surface area (Å²) in [7, 11) is 0. The summed E-state index contributed by atoms with van der Waals surface area (Å²) in [5.74, 6) is 8.42. The van der Waals surface area contributed by atoms with Crippen molar-refractivity contribution in [2.75, 3.05) is 62.0 Å². The molecular weight excluding hydrogens is 1070 g/mol. The van der Waals surface area contributed by atoms with Crippen LogP contribution in [0, 0.1) is 5.92 Å². The third-order valence-corrected chi connectivity index (χ3v) is 17.0. The van der Waals surface area contributed by atoms with Crippen molar-refractivity contribution in [2.45, 2.75) is 197 Å². The molecule has 0 unspecified atom stereocenters. The van der Waals surface area contributed by atoms with Crippen LogP contribution in [0.4, 0.5) is 17.1 Å². The molecule has 0 saturated carbocycles. The highest BCUT2D eigenvalue weighted by Gasteiger charge is 2.19. The topological polar surface area (TPSA) is 85.9 Å². The molecule has 8 heteroatoms. The lowest BCUT2D eigenvalue weighted by molar-refractivity contribution is 0.288. The average molecular weight is 1180 g/mol. The van der Waals surface area contributed by atoms with Crippen molar-refractivity contribution in [3.05, 3.63) is 189 Å². The molecule has 0 fully saturated rings. The summed E-state index contributed by atoms with van der Waals surface area (Å²) < 4.78 is 22.4. The molecule has 7 aromatic rings. The highest BCUT2D eigenvalue weighted by Crippen LogP contribution is 2.37. The molecule has 6 aromatic carbocycles. The molecule has 0 amide bonds. The number of nitrogens with zero attached hydrogens (tertiary/aromatic N) is 1. The minimum atomic E-state index is 0.499. The Hall–Kier alpha value is -6.93. The highest BCUT2D eigenvalue weighted by atomic mass is 16.5. The summed E-state index contributed by atoms with van der Waals surface area (Å²) in [4.78, 5) is 4.53. The van der Waals surface area contributed by atoms with E-state index < -0.39 is 0 Å². The van der Waals surface area contributed by atoms with E-state index in [0.29, 0.717) is 35.5 Å². The number of hydrogen-bond donors (Lipinski definition) is 3. The summed E-state index contributed by atoms with van der Waals surface area (Å²) in [6, 6.07) is 43.1. The van der Waals surface area contributed by atoms with E-state index in [1.54, 1.807) is 5.57 Å². The number of pyridine rings is 1. The first-order chi connectivity index (χ1) is 42.0. The minimum Gasteiger partial charge on any atom is -0.493 e. The van der Waals surface area contributed by atoms with Gasteiger partial charge in [-0.3, -0.25) is 4.98 Å². The summed E-state index contributed by atoms with van der Waals surface area (Å²) in [5.41, 5.74) is 19.0. The maximum absolute atomic E-state index is 5.69. The van der Waals surface area contributed by atoms with Gasteiger partial charge in [0.2, 0.25) is 0 Å². The first kappa shape index (κ1) is 67.6. The number of anilines is 3. The second-order valence-electron chi connectivity index (χ2n) is 26.1. The molecule has 5 aliphatic heterocycles. The zero-order valence-electron chi connectivity index (χ0n) is 55.8. The highest BCUT2D eigenvalue weighted by molar-refractivity contribution is 5.91. The van der Waals surface area contributed by atoms with E-state index in [2.05, 4.69) is 239 Å². The van der Waals surface area contributed by atoms with Gasteiger partial charge in [-0.15, -0.1) is 0 Å². The number of aromatic nitrogens is 1. The average Bonchev–Trinajstić information content (AvgIpc) is 3.97. The van der Waals surface area contributed by atoms with Crippen LogP contribution >= 0.6 is 0 Å². The molecule has 6 heterocycles. The van der Waals surface area contributed by atoms with Crippen molar-refractivity contribution < 1.29 is 18.9 Å². The van der Waals surface area contributed by atoms with Crippen LogP contribution in [-0.4, -0.2) is 51.0 Å². The second-order valence-corrected chi connectivity index (χ2v) is 26.1. The van der Waals surface area contributed by atoms with Crippen molar-refractivity contribution in [3.8, 4) is 23.0 Å². The van der Waals surface area contributed by atoms with Crippen molar-refractivity contribution in [1.29, 1.82) is 0 Å². The molecule has 8 nitrogen and oxygen atoms in total. The van der Waals surface area contributed by atoms with Gasteiger partial charge in [0.1, 0.15) is 29.6 Å². The molecule has 0 bridgehead atoms. The predicted molar refractivity (Wildman–Crippen MR) is 372 cm³/mol. The van der Waals surface area contributed by atoms with E-state index in [-0.39, 0.29) is 0 Å². The van der Waals surface area contributed by atoms with Crippen LogP contribution < -0.4 is 34.9 Å². The smallest absolute Gasteiger partial charge is 0.142 e. The van der Waals surface area contributed by atoms with Crippen molar-refractivity contribution >= 4 is 28.0 Å². The normalized spacial score (nSPS) is 15.0. The van der Waals surface area contributed by atoms with Crippen LogP contribution in [0.2, 0.25) is 0 Å². The number of benzene rings is 6. The number of fused-ring (bicyclic) bond motifs is 4. The van der Waals surface area contributed by atoms with Gasteiger partial charge in [0.15, 0.2) is 0 Å². The number of rotatable bonds is 7. The quantitative estimate of drug-likeness (QED) is 0.136. The van der Waals surface area contributed by atoms with Gasteiger partial charge >= 0.3 is 0 Å². The third-order valence-electron chi connectivity index (χ3n) is 17.0. The fourth-order valence-electron chi connectivity index (χ4n) is 11.4. The molecule has 468 valence electrons. The molecule has 0 atom stereocenters. The van der Waals surface area contributed by atoms with Crippen molar-refractivity contribution in [3.63, 3.8) is 0 Å². The molecule has 0 radical (unpaired) electrons. The van der Waals surface area contributed by atoms with Gasteiger partial charge in [-0.05, 0) is 198 Å². The molecular formula is C79H108N4O4. The van der Waals surface area contributed by atoms with Gasteiger partial charge < -0.3 is 34.9 Å². The number of hydrogen-bond acceptors (Lipinski definition) is 8. The Bertz CT molecular complexity index is 3070. The lowest BCUT2D eigenvalue weighted by atomic mass is 9.92. The fraction of sp³-hybridized carbons (Fsp3) is 0.481. The van der Waals surface area contributed by atoms with E-state index >= 15 is 0 Å². The predicted octanol–water partition coefficient (Wildman–Crippen LogP) is 21.2. The molecule has 1 aliphatic carbocycles. The maximum Gasteiger partial charge on any atom is 0.142 e. The number of nitrogens with one attached hydrogen (secondary N) is 3. The number of allylic oxidation sites excluding steroid dienone is 2. The van der Waals surface area contributed by atoms with Crippen LogP contribution in [0.1, 0.15) is 227 Å². The molecule has 1 aromatic heterocycles. The van der Waals surface area contributed by atoms with E-state index in [4.69, 9.17) is 18.9 Å². The van der Waals surface area contributed by atoms with Crippen LogP contribution in [0.25, 0.3) is 10.9 Å². The first-order valence-electron chi connectivity index (χ1n) is 33.4. The zero-order chi connectivity index (χ0) is 62.2. The largest absolute Gasteiger partial charge is 0.493 e. The fourth-order valence-corrected chi connectivity index (χ4v) is 11.4. The maximum atomic E-state index is 5.69. The Balaban J connectivity index is 0.000000146. The van der Waals surface area contributed by atoms with Gasteiger partial charge in [-0.2, -0.15) is 0 Å². The van der Waals surface area contributed by atoms with Gasteiger partial charge in [-0.1, -0.05) is 181 Å². The first-order valence-corrected chi connectivity index (χ1v) is 33.4. The van der Waals surface area contributed by atoms with Crippen molar-refractivity contribution in [2.24, 2.45) is 5.92 Å². The molecule has 13 rings (SSSR count). The second kappa shape index (κ2) is 34.6. The molecule has 0 spiro atoms. The molecule has 0 saturated heterocycles. The van der Waals surface area contributed by atoms with Crippen LogP contribution in [-0.2, 0) is 19.3 Å². The SMILES string of the molecule is CC(C)C1=CCCCC1.CC(C)c1ccc2c(c1)CCCO2.CC(C)c1ccc2c(c1)NCCC2.CC(C)c1ccc2c(c1)NCCCO2.CC(C)c1ccc2c(c1)NCCO2.CC(C)c1ccc2c3c(ccnc13)CCO2.CC(C)c1ccccc1. The monoisotopic (exact) mass is 1180 g/mol. The Morgan fingerprint density at radius 3 is 1.48 bits per heavy atom. The van der Waals surface area contributed by atoms with E-state index in [1.165, 1.54) is 106 Å². The Morgan fingerprint density at radius 2 is 0.885 bits per heavy atom. The minimum absolute atomic E-state index is 0.499.